The lowest BCUT2D eigenvalue weighted by Gasteiger charge is -2.33. The Labute approximate surface area is 195 Å². The van der Waals surface area contributed by atoms with Gasteiger partial charge in [-0.1, -0.05) is 30.3 Å². The first kappa shape index (κ1) is 23.5. The zero-order chi connectivity index (χ0) is 24.1. The fourth-order valence-corrected chi connectivity index (χ4v) is 3.96. The second kappa shape index (κ2) is 10.1. The van der Waals surface area contributed by atoms with Crippen LogP contribution in [0.5, 0.6) is 11.6 Å². The van der Waals surface area contributed by atoms with Crippen LogP contribution >= 0.6 is 0 Å². The van der Waals surface area contributed by atoms with Gasteiger partial charge in [-0.05, 0) is 49.1 Å². The van der Waals surface area contributed by atoms with E-state index in [9.17, 15) is 18.0 Å². The highest BCUT2D eigenvalue weighted by atomic mass is 19.4. The Bertz CT molecular complexity index is 1150. The molecule has 178 valence electrons. The zero-order valence-electron chi connectivity index (χ0n) is 18.7. The number of nitrogens with zero attached hydrogens (tertiary/aromatic N) is 3. The molecule has 0 unspecified atom stereocenters. The van der Waals surface area contributed by atoms with Gasteiger partial charge in [0.15, 0.2) is 5.82 Å². The first-order valence-corrected chi connectivity index (χ1v) is 11.0. The van der Waals surface area contributed by atoms with Crippen LogP contribution in [0.1, 0.15) is 29.5 Å². The Morgan fingerprint density at radius 1 is 1.15 bits per heavy atom. The Balaban J connectivity index is 1.42. The van der Waals surface area contributed by atoms with Crippen molar-refractivity contribution in [3.8, 4) is 11.6 Å². The predicted octanol–water partition coefficient (Wildman–Crippen LogP) is 5.13. The van der Waals surface area contributed by atoms with Gasteiger partial charge in [-0.15, -0.1) is 0 Å². The number of amides is 1. The third-order valence-corrected chi connectivity index (χ3v) is 5.76. The summed E-state index contributed by atoms with van der Waals surface area (Å²) in [7, 11) is 0. The largest absolute Gasteiger partial charge is 0.436 e. The van der Waals surface area contributed by atoms with E-state index in [1.807, 2.05) is 36.1 Å². The maximum atomic E-state index is 12.9. The predicted molar refractivity (Wildman–Crippen MR) is 122 cm³/mol. The number of halogens is 3. The van der Waals surface area contributed by atoms with Crippen molar-refractivity contribution in [3.63, 3.8) is 0 Å². The van der Waals surface area contributed by atoms with Gasteiger partial charge in [0.2, 0.25) is 5.91 Å². The van der Waals surface area contributed by atoms with Crippen LogP contribution in [0, 0.1) is 12.8 Å². The van der Waals surface area contributed by atoms with E-state index < -0.39 is 11.7 Å². The normalized spacial score (nSPS) is 16.2. The van der Waals surface area contributed by atoms with Gasteiger partial charge in [-0.25, -0.2) is 9.97 Å². The maximum absolute atomic E-state index is 12.9. The van der Waals surface area contributed by atoms with E-state index in [4.69, 9.17) is 4.74 Å². The molecule has 1 aliphatic rings. The highest BCUT2D eigenvalue weighted by Crippen LogP contribution is 2.32. The van der Waals surface area contributed by atoms with Crippen molar-refractivity contribution < 1.29 is 22.7 Å². The molecule has 9 heteroatoms. The fourth-order valence-electron chi connectivity index (χ4n) is 3.96. The van der Waals surface area contributed by atoms with Gasteiger partial charge in [-0.3, -0.25) is 4.79 Å². The topological polar surface area (TPSA) is 67.4 Å². The summed E-state index contributed by atoms with van der Waals surface area (Å²) in [5, 5.41) is 2.78. The number of nitrogens with one attached hydrogen (secondary N) is 1. The van der Waals surface area contributed by atoms with Crippen molar-refractivity contribution in [2.45, 2.75) is 32.5 Å². The van der Waals surface area contributed by atoms with Gasteiger partial charge in [0.25, 0.3) is 5.88 Å². The lowest BCUT2D eigenvalue weighted by atomic mass is 9.97. The highest BCUT2D eigenvalue weighted by Gasteiger charge is 2.31. The number of aryl methyl sites for hydroxylation is 1. The molecular weight excluding hydrogens is 445 g/mol. The molecule has 2 heterocycles. The van der Waals surface area contributed by atoms with Crippen LogP contribution in [0.2, 0.25) is 0 Å². The Kier molecular flexibility index (Phi) is 7.00. The molecular formula is C25H25F3N4O2. The van der Waals surface area contributed by atoms with E-state index in [-0.39, 0.29) is 18.4 Å². The molecule has 1 aliphatic heterocycles. The fraction of sp³-hybridized carbons (Fsp3) is 0.320. The van der Waals surface area contributed by atoms with Crippen molar-refractivity contribution in [2.75, 3.05) is 18.0 Å². The van der Waals surface area contributed by atoms with E-state index in [1.165, 1.54) is 6.07 Å². The highest BCUT2D eigenvalue weighted by molar-refractivity contribution is 5.79. The van der Waals surface area contributed by atoms with Crippen LogP contribution in [0.4, 0.5) is 19.0 Å². The van der Waals surface area contributed by atoms with Crippen molar-refractivity contribution in [1.29, 1.82) is 0 Å². The molecule has 0 bridgehead atoms. The van der Waals surface area contributed by atoms with E-state index in [1.54, 1.807) is 18.5 Å². The van der Waals surface area contributed by atoms with Gasteiger partial charge in [0.05, 0.1) is 11.5 Å². The molecule has 1 atom stereocenters. The van der Waals surface area contributed by atoms with E-state index in [0.717, 1.165) is 24.1 Å². The molecule has 1 N–H and O–H groups in total. The summed E-state index contributed by atoms with van der Waals surface area (Å²) < 4.78 is 44.8. The van der Waals surface area contributed by atoms with Crippen LogP contribution < -0.4 is 15.0 Å². The second-order valence-corrected chi connectivity index (χ2v) is 8.25. The second-order valence-electron chi connectivity index (χ2n) is 8.25. The Morgan fingerprint density at radius 3 is 2.74 bits per heavy atom. The number of hydrogen-bond donors (Lipinski definition) is 1. The van der Waals surface area contributed by atoms with Crippen LogP contribution in [-0.4, -0.2) is 29.0 Å². The minimum atomic E-state index is -4.42. The van der Waals surface area contributed by atoms with E-state index in [2.05, 4.69) is 15.3 Å². The van der Waals surface area contributed by atoms with Gasteiger partial charge in [0, 0.05) is 32.0 Å². The Hall–Kier alpha value is -3.62. The molecule has 1 amide bonds. The van der Waals surface area contributed by atoms with Gasteiger partial charge in [-0.2, -0.15) is 13.2 Å². The van der Waals surface area contributed by atoms with Crippen molar-refractivity contribution in [3.05, 3.63) is 77.6 Å². The summed E-state index contributed by atoms with van der Waals surface area (Å²) in [4.78, 5) is 23.6. The van der Waals surface area contributed by atoms with E-state index >= 15 is 0 Å². The number of benzene rings is 2. The summed E-state index contributed by atoms with van der Waals surface area (Å²) in [5.41, 5.74) is 0.634. The first-order chi connectivity index (χ1) is 16.3. The summed E-state index contributed by atoms with van der Waals surface area (Å²) in [5.74, 6) is 1.07. The number of aromatic nitrogens is 2. The number of carbonyl (C=O) groups excluding carboxylic acids is 1. The lowest BCUT2D eigenvalue weighted by Crippen LogP contribution is -2.43. The number of anilines is 1. The summed E-state index contributed by atoms with van der Waals surface area (Å²) >= 11 is 0. The maximum Gasteiger partial charge on any atom is 0.416 e. The molecule has 1 saturated heterocycles. The van der Waals surface area contributed by atoms with Gasteiger partial charge >= 0.3 is 6.18 Å². The molecule has 6 nitrogen and oxygen atoms in total. The number of piperidine rings is 1. The van der Waals surface area contributed by atoms with Crippen molar-refractivity contribution in [2.24, 2.45) is 5.92 Å². The summed E-state index contributed by atoms with van der Waals surface area (Å²) in [6, 6.07) is 12.6. The molecule has 1 fully saturated rings. The van der Waals surface area contributed by atoms with Crippen molar-refractivity contribution >= 4 is 11.7 Å². The number of carbonyl (C=O) groups is 1. The third-order valence-electron chi connectivity index (χ3n) is 5.76. The lowest BCUT2D eigenvalue weighted by molar-refractivity contribution is -0.137. The molecule has 3 aromatic rings. The van der Waals surface area contributed by atoms with Crippen LogP contribution in [0.3, 0.4) is 0 Å². The number of ether oxygens (including phenoxy) is 1. The third kappa shape index (κ3) is 5.65. The molecule has 0 radical (unpaired) electrons. The van der Waals surface area contributed by atoms with Crippen LogP contribution in [0.15, 0.2) is 60.9 Å². The molecule has 1 aromatic heterocycles. The van der Waals surface area contributed by atoms with Crippen molar-refractivity contribution in [1.82, 2.24) is 15.3 Å². The van der Waals surface area contributed by atoms with Crippen LogP contribution in [-0.2, 0) is 17.5 Å². The van der Waals surface area contributed by atoms with Gasteiger partial charge in [0.1, 0.15) is 5.75 Å². The molecule has 34 heavy (non-hydrogen) atoms. The monoisotopic (exact) mass is 470 g/mol. The van der Waals surface area contributed by atoms with Gasteiger partial charge < -0.3 is 15.0 Å². The number of rotatable bonds is 6. The summed E-state index contributed by atoms with van der Waals surface area (Å²) in [6.07, 6.45) is 0.164. The number of hydrogen-bond acceptors (Lipinski definition) is 5. The average molecular weight is 470 g/mol. The molecule has 0 spiro atoms. The van der Waals surface area contributed by atoms with Crippen LogP contribution in [0.25, 0.3) is 0 Å². The Morgan fingerprint density at radius 2 is 1.94 bits per heavy atom. The first-order valence-electron chi connectivity index (χ1n) is 11.0. The molecule has 0 saturated carbocycles. The summed E-state index contributed by atoms with van der Waals surface area (Å²) in [6.45, 7) is 3.08. The molecule has 2 aromatic carbocycles. The van der Waals surface area contributed by atoms with E-state index in [0.29, 0.717) is 42.5 Å². The SMILES string of the molecule is Cc1ccccc1Oc1nccnc1N1CCC[C@H](C(=O)NCc2cccc(C(F)(F)F)c2)C1. The minimum absolute atomic E-state index is 0.0338. The minimum Gasteiger partial charge on any atom is -0.436 e. The standard InChI is InChI=1S/C25H25F3N4O2/c1-17-6-2-3-10-21(17)34-24-22(29-11-12-30-24)32-13-5-8-19(16-32)23(33)31-15-18-7-4-9-20(14-18)25(26,27)28/h2-4,6-7,9-12,14,19H,5,8,13,15-16H2,1H3,(H,31,33)/t19-/m0/s1. The number of para-hydroxylation sites is 1. The quantitative estimate of drug-likeness (QED) is 0.541. The number of alkyl halides is 3. The average Bonchev–Trinajstić information content (AvgIpc) is 2.84. The molecule has 4 rings (SSSR count). The zero-order valence-corrected chi connectivity index (χ0v) is 18.7. The smallest absolute Gasteiger partial charge is 0.416 e. The molecule has 0 aliphatic carbocycles.